The Hall–Kier alpha value is -1.92. The Balaban J connectivity index is 3.16. The quantitative estimate of drug-likeness (QED) is 0.467. The summed E-state index contributed by atoms with van der Waals surface area (Å²) in [5, 5.41) is 21.6. The van der Waals surface area contributed by atoms with Crippen LogP contribution in [0, 0.1) is 10.1 Å². The van der Waals surface area contributed by atoms with Crippen LogP contribution in [0.5, 0.6) is 0 Å². The van der Waals surface area contributed by atoms with Crippen LogP contribution < -0.4 is 0 Å². The van der Waals surface area contributed by atoms with E-state index in [0.717, 1.165) is 12.3 Å². The number of rotatable bonds is 1. The lowest BCUT2D eigenvalue weighted by Crippen LogP contribution is -2.12. The van der Waals surface area contributed by atoms with E-state index in [1.807, 2.05) is 0 Å². The largest absolute Gasteiger partial charge is 0.531 e. The summed E-state index contributed by atoms with van der Waals surface area (Å²) in [7, 11) is 0. The van der Waals surface area contributed by atoms with Crippen LogP contribution in [-0.4, -0.2) is 25.9 Å². The molecule has 0 amide bonds. The fourth-order valence-electron chi connectivity index (χ4n) is 0.582. The van der Waals surface area contributed by atoms with Crippen molar-refractivity contribution in [3.05, 3.63) is 22.4 Å². The monoisotopic (exact) mass is 157 g/mol. The molecular formula is C4H3N3O4. The van der Waals surface area contributed by atoms with Crippen molar-refractivity contribution in [2.24, 2.45) is 0 Å². The first-order valence-corrected chi connectivity index (χ1v) is 2.54. The predicted octanol–water partition coefficient (Wildman–Crippen LogP) is 0.317. The van der Waals surface area contributed by atoms with Crippen LogP contribution in [0.3, 0.4) is 0 Å². The van der Waals surface area contributed by atoms with Crippen molar-refractivity contribution in [3.8, 4) is 0 Å². The number of hydrogen-bond acceptors (Lipinski definition) is 4. The lowest BCUT2D eigenvalue weighted by atomic mass is 10.6. The number of carboxylic acid groups (broad SMARTS) is 1. The van der Waals surface area contributed by atoms with Crippen molar-refractivity contribution in [1.29, 1.82) is 0 Å². The van der Waals surface area contributed by atoms with Gasteiger partial charge in [0.25, 0.3) is 0 Å². The first-order chi connectivity index (χ1) is 5.13. The summed E-state index contributed by atoms with van der Waals surface area (Å²) in [4.78, 5) is 19.4. The zero-order valence-corrected chi connectivity index (χ0v) is 5.17. The molecule has 0 fully saturated rings. The Bertz CT molecular complexity index is 276. The van der Waals surface area contributed by atoms with E-state index in [0.29, 0.717) is 4.68 Å². The number of hydrogen-bond donors (Lipinski definition) is 1. The lowest BCUT2D eigenvalue weighted by molar-refractivity contribution is -0.391. The molecule has 0 radical (unpaired) electrons. The van der Waals surface area contributed by atoms with Gasteiger partial charge in [-0.3, -0.25) is 0 Å². The summed E-state index contributed by atoms with van der Waals surface area (Å²) in [5.41, 5.74) is 0. The molecule has 1 N–H and O–H groups in total. The van der Waals surface area contributed by atoms with Gasteiger partial charge in [-0.1, -0.05) is 5.10 Å². The molecule has 0 saturated heterocycles. The molecule has 0 unspecified atom stereocenters. The summed E-state index contributed by atoms with van der Waals surface area (Å²) in [6.07, 6.45) is -0.423. The smallest absolute Gasteiger partial charge is 0.445 e. The van der Waals surface area contributed by atoms with Gasteiger partial charge in [-0.2, -0.15) is 4.79 Å². The van der Waals surface area contributed by atoms with E-state index in [1.165, 1.54) is 0 Å². The zero-order valence-electron chi connectivity index (χ0n) is 5.17. The Kier molecular flexibility index (Phi) is 1.55. The van der Waals surface area contributed by atoms with Gasteiger partial charge in [-0.25, -0.2) is 0 Å². The molecule has 1 aromatic heterocycles. The van der Waals surface area contributed by atoms with Gasteiger partial charge in [0.15, 0.2) is 0 Å². The normalized spacial score (nSPS) is 9.45. The standard InChI is InChI=1S/C4H3N3O4/c8-4(9)6-3(7(10)11)1-2-5-6/h1-2H,(H,8,9). The summed E-state index contributed by atoms with van der Waals surface area (Å²) in [6, 6.07) is 1.01. The second kappa shape index (κ2) is 2.37. The molecule has 0 aliphatic carbocycles. The lowest BCUT2D eigenvalue weighted by Gasteiger charge is -1.90. The van der Waals surface area contributed by atoms with E-state index in [4.69, 9.17) is 5.11 Å². The van der Waals surface area contributed by atoms with Crippen molar-refractivity contribution in [3.63, 3.8) is 0 Å². The van der Waals surface area contributed by atoms with Gasteiger partial charge >= 0.3 is 11.9 Å². The van der Waals surface area contributed by atoms with Crippen LogP contribution in [-0.2, 0) is 0 Å². The predicted molar refractivity (Wildman–Crippen MR) is 32.3 cm³/mol. The Morgan fingerprint density at radius 2 is 2.45 bits per heavy atom. The SMILES string of the molecule is O=C(O)n1nccc1[N+](=O)[O-]. The molecule has 58 valence electrons. The molecule has 0 spiro atoms. The Morgan fingerprint density at radius 1 is 1.82 bits per heavy atom. The van der Waals surface area contributed by atoms with E-state index in [1.54, 1.807) is 0 Å². The molecule has 1 heterocycles. The van der Waals surface area contributed by atoms with Crippen LogP contribution in [0.1, 0.15) is 0 Å². The summed E-state index contributed by atoms with van der Waals surface area (Å²) in [6.45, 7) is 0. The first kappa shape index (κ1) is 7.19. The van der Waals surface area contributed by atoms with Crippen LogP contribution in [0.4, 0.5) is 10.6 Å². The van der Waals surface area contributed by atoms with Crippen molar-refractivity contribution < 1.29 is 14.8 Å². The summed E-state index contributed by atoms with van der Waals surface area (Å²) in [5.74, 6) is -0.558. The maximum absolute atomic E-state index is 10.2. The van der Waals surface area contributed by atoms with Crippen molar-refractivity contribution in [1.82, 2.24) is 9.78 Å². The summed E-state index contributed by atoms with van der Waals surface area (Å²) >= 11 is 0. The van der Waals surface area contributed by atoms with Gasteiger partial charge < -0.3 is 15.2 Å². The van der Waals surface area contributed by atoms with E-state index >= 15 is 0 Å². The van der Waals surface area contributed by atoms with E-state index < -0.39 is 16.8 Å². The van der Waals surface area contributed by atoms with Crippen molar-refractivity contribution in [2.45, 2.75) is 0 Å². The second-order valence-electron chi connectivity index (χ2n) is 1.64. The van der Waals surface area contributed by atoms with Gasteiger partial charge in [-0.05, 0) is 9.61 Å². The minimum atomic E-state index is -1.47. The van der Waals surface area contributed by atoms with Gasteiger partial charge in [0.1, 0.15) is 0 Å². The molecular weight excluding hydrogens is 154 g/mol. The molecule has 0 bridgehead atoms. The minimum absolute atomic E-state index is 0.292. The van der Waals surface area contributed by atoms with Gasteiger partial charge in [-0.15, -0.1) is 0 Å². The second-order valence-corrected chi connectivity index (χ2v) is 1.64. The average molecular weight is 157 g/mol. The van der Waals surface area contributed by atoms with Crippen LogP contribution >= 0.6 is 0 Å². The van der Waals surface area contributed by atoms with Gasteiger partial charge in [0.05, 0.1) is 12.3 Å². The van der Waals surface area contributed by atoms with E-state index in [-0.39, 0.29) is 0 Å². The van der Waals surface area contributed by atoms with Gasteiger partial charge in [0.2, 0.25) is 0 Å². The fraction of sp³-hybridized carbons (Fsp3) is 0. The topological polar surface area (TPSA) is 98.3 Å². The molecule has 11 heavy (non-hydrogen) atoms. The van der Waals surface area contributed by atoms with Gasteiger partial charge in [0, 0.05) is 0 Å². The maximum Gasteiger partial charge on any atom is 0.531 e. The molecule has 7 nitrogen and oxygen atoms in total. The van der Waals surface area contributed by atoms with E-state index in [9.17, 15) is 14.9 Å². The fourth-order valence-corrected chi connectivity index (χ4v) is 0.582. The third-order valence-corrected chi connectivity index (χ3v) is 0.991. The molecule has 0 aliphatic heterocycles. The third-order valence-electron chi connectivity index (χ3n) is 0.991. The van der Waals surface area contributed by atoms with Crippen LogP contribution in [0.2, 0.25) is 0 Å². The first-order valence-electron chi connectivity index (χ1n) is 2.54. The molecule has 0 atom stereocenters. The molecule has 7 heteroatoms. The van der Waals surface area contributed by atoms with Crippen molar-refractivity contribution >= 4 is 11.9 Å². The zero-order chi connectivity index (χ0) is 8.43. The molecule has 1 rings (SSSR count). The van der Waals surface area contributed by atoms with Crippen LogP contribution in [0.25, 0.3) is 0 Å². The average Bonchev–Trinajstić information content (AvgIpc) is 2.32. The highest BCUT2D eigenvalue weighted by atomic mass is 16.6. The molecule has 0 aromatic carbocycles. The number of carbonyl (C=O) groups is 1. The number of nitrogens with zero attached hydrogens (tertiary/aromatic N) is 3. The number of aromatic nitrogens is 2. The highest BCUT2D eigenvalue weighted by Crippen LogP contribution is 2.07. The Morgan fingerprint density at radius 3 is 2.82 bits per heavy atom. The molecule has 0 saturated carbocycles. The molecule has 0 aliphatic rings. The van der Waals surface area contributed by atoms with E-state index in [2.05, 4.69) is 5.10 Å². The highest BCUT2D eigenvalue weighted by molar-refractivity contribution is 5.69. The third kappa shape index (κ3) is 1.16. The van der Waals surface area contributed by atoms with Crippen molar-refractivity contribution in [2.75, 3.05) is 0 Å². The molecule has 1 aromatic rings. The highest BCUT2D eigenvalue weighted by Gasteiger charge is 2.19. The number of nitro groups is 1. The maximum atomic E-state index is 10.2. The minimum Gasteiger partial charge on any atom is -0.445 e. The Labute approximate surface area is 60.0 Å². The van der Waals surface area contributed by atoms with Crippen LogP contribution in [0.15, 0.2) is 12.3 Å². The summed E-state index contributed by atoms with van der Waals surface area (Å²) < 4.78 is 0.292.